The standard InChI is InChI=1S/C14H17F3N2O/c1-2-13(19-9-7-18-8-10-19)11-3-5-12(6-4-11)20-14(15,16)17/h2-6,13,18H,1,7-10H2/t13-/m0/s1. The fraction of sp³-hybridized carbons (Fsp3) is 0.429. The van der Waals surface area contributed by atoms with Crippen molar-refractivity contribution in [1.29, 1.82) is 0 Å². The lowest BCUT2D eigenvalue weighted by Gasteiger charge is -2.33. The van der Waals surface area contributed by atoms with Crippen molar-refractivity contribution in [2.45, 2.75) is 12.4 Å². The molecule has 0 saturated carbocycles. The van der Waals surface area contributed by atoms with Crippen LogP contribution in [-0.4, -0.2) is 37.4 Å². The first-order chi connectivity index (χ1) is 9.49. The van der Waals surface area contributed by atoms with Crippen molar-refractivity contribution in [3.63, 3.8) is 0 Å². The third kappa shape index (κ3) is 3.98. The number of hydrogen-bond acceptors (Lipinski definition) is 3. The fourth-order valence-electron chi connectivity index (χ4n) is 2.32. The van der Waals surface area contributed by atoms with Crippen LogP contribution in [0.2, 0.25) is 0 Å². The Morgan fingerprint density at radius 2 is 1.80 bits per heavy atom. The van der Waals surface area contributed by atoms with Gasteiger partial charge in [-0.05, 0) is 17.7 Å². The van der Waals surface area contributed by atoms with Gasteiger partial charge >= 0.3 is 6.36 Å². The van der Waals surface area contributed by atoms with Crippen LogP contribution < -0.4 is 10.1 Å². The molecule has 1 aliphatic rings. The molecule has 20 heavy (non-hydrogen) atoms. The fourth-order valence-corrected chi connectivity index (χ4v) is 2.32. The third-order valence-corrected chi connectivity index (χ3v) is 3.22. The van der Waals surface area contributed by atoms with E-state index < -0.39 is 6.36 Å². The number of benzene rings is 1. The largest absolute Gasteiger partial charge is 0.573 e. The highest BCUT2D eigenvalue weighted by Crippen LogP contribution is 2.27. The van der Waals surface area contributed by atoms with Crippen LogP contribution in [0.1, 0.15) is 11.6 Å². The lowest BCUT2D eigenvalue weighted by molar-refractivity contribution is -0.274. The van der Waals surface area contributed by atoms with Crippen LogP contribution in [0.3, 0.4) is 0 Å². The van der Waals surface area contributed by atoms with Crippen LogP contribution in [-0.2, 0) is 0 Å². The van der Waals surface area contributed by atoms with Crippen molar-refractivity contribution in [2.24, 2.45) is 0 Å². The molecule has 0 radical (unpaired) electrons. The zero-order valence-corrected chi connectivity index (χ0v) is 11.0. The Bertz CT molecular complexity index is 439. The van der Waals surface area contributed by atoms with Gasteiger partial charge in [-0.1, -0.05) is 18.2 Å². The second-order valence-corrected chi connectivity index (χ2v) is 4.58. The molecule has 0 unspecified atom stereocenters. The zero-order chi connectivity index (χ0) is 14.6. The third-order valence-electron chi connectivity index (χ3n) is 3.22. The predicted molar refractivity (Wildman–Crippen MR) is 70.5 cm³/mol. The van der Waals surface area contributed by atoms with Crippen LogP contribution in [0, 0.1) is 0 Å². The van der Waals surface area contributed by atoms with Crippen molar-refractivity contribution in [3.8, 4) is 5.75 Å². The first-order valence-corrected chi connectivity index (χ1v) is 6.42. The minimum absolute atomic E-state index is 0.0111. The maximum Gasteiger partial charge on any atom is 0.573 e. The van der Waals surface area contributed by atoms with Crippen molar-refractivity contribution < 1.29 is 17.9 Å². The van der Waals surface area contributed by atoms with E-state index in [1.807, 2.05) is 6.08 Å². The molecule has 3 nitrogen and oxygen atoms in total. The summed E-state index contributed by atoms with van der Waals surface area (Å²) in [6.45, 7) is 7.40. The summed E-state index contributed by atoms with van der Waals surface area (Å²) >= 11 is 0. The lowest BCUT2D eigenvalue weighted by Crippen LogP contribution is -2.44. The second kappa shape index (κ2) is 6.28. The molecule has 0 amide bonds. The highest BCUT2D eigenvalue weighted by atomic mass is 19.4. The lowest BCUT2D eigenvalue weighted by atomic mass is 10.0. The first kappa shape index (κ1) is 14.9. The van der Waals surface area contributed by atoms with Crippen LogP contribution in [0.4, 0.5) is 13.2 Å². The molecule has 1 atom stereocenters. The molecule has 1 fully saturated rings. The number of halogens is 3. The Hall–Kier alpha value is -1.53. The predicted octanol–water partition coefficient (Wildman–Crippen LogP) is 2.72. The van der Waals surface area contributed by atoms with E-state index in [2.05, 4.69) is 21.5 Å². The summed E-state index contributed by atoms with van der Waals surface area (Å²) < 4.78 is 40.2. The number of nitrogens with zero attached hydrogens (tertiary/aromatic N) is 1. The van der Waals surface area contributed by atoms with Gasteiger partial charge in [-0.25, -0.2) is 0 Å². The van der Waals surface area contributed by atoms with Crippen LogP contribution in [0.25, 0.3) is 0 Å². The van der Waals surface area contributed by atoms with Gasteiger partial charge in [-0.15, -0.1) is 19.8 Å². The molecular weight excluding hydrogens is 269 g/mol. The van der Waals surface area contributed by atoms with Gasteiger partial charge in [0.25, 0.3) is 0 Å². The summed E-state index contributed by atoms with van der Waals surface area (Å²) in [6, 6.07) is 5.98. The smallest absolute Gasteiger partial charge is 0.406 e. The van der Waals surface area contributed by atoms with Crippen molar-refractivity contribution in [1.82, 2.24) is 10.2 Å². The van der Waals surface area contributed by atoms with E-state index in [0.717, 1.165) is 31.7 Å². The Labute approximate surface area is 116 Å². The molecule has 1 N–H and O–H groups in total. The average Bonchev–Trinajstić information content (AvgIpc) is 2.41. The highest BCUT2D eigenvalue weighted by molar-refractivity contribution is 5.31. The van der Waals surface area contributed by atoms with E-state index in [0.29, 0.717) is 0 Å². The summed E-state index contributed by atoms with van der Waals surface area (Å²) in [5, 5.41) is 3.26. The molecular formula is C14H17F3N2O. The maximum absolute atomic E-state index is 12.1. The number of hydrogen-bond donors (Lipinski definition) is 1. The van der Waals surface area contributed by atoms with E-state index in [1.165, 1.54) is 12.1 Å². The number of rotatable bonds is 4. The summed E-state index contributed by atoms with van der Waals surface area (Å²) in [4.78, 5) is 2.24. The summed E-state index contributed by atoms with van der Waals surface area (Å²) in [7, 11) is 0. The van der Waals surface area contributed by atoms with Gasteiger partial charge in [0.15, 0.2) is 0 Å². The topological polar surface area (TPSA) is 24.5 Å². The van der Waals surface area contributed by atoms with Gasteiger partial charge in [-0.2, -0.15) is 0 Å². The molecule has 1 aromatic rings. The van der Waals surface area contributed by atoms with Gasteiger partial charge in [0.2, 0.25) is 0 Å². The number of nitrogens with one attached hydrogen (secondary N) is 1. The summed E-state index contributed by atoms with van der Waals surface area (Å²) in [6.07, 6.45) is -2.84. The quantitative estimate of drug-likeness (QED) is 0.861. The average molecular weight is 286 g/mol. The first-order valence-electron chi connectivity index (χ1n) is 6.42. The van der Waals surface area contributed by atoms with Gasteiger partial charge in [-0.3, -0.25) is 4.90 Å². The van der Waals surface area contributed by atoms with Crippen molar-refractivity contribution >= 4 is 0 Å². The van der Waals surface area contributed by atoms with Gasteiger partial charge in [0.1, 0.15) is 5.75 Å². The van der Waals surface area contributed by atoms with Gasteiger partial charge in [0, 0.05) is 26.2 Å². The van der Waals surface area contributed by atoms with E-state index >= 15 is 0 Å². The summed E-state index contributed by atoms with van der Waals surface area (Å²) in [5.41, 5.74) is 0.913. The van der Waals surface area contributed by atoms with Crippen LogP contribution >= 0.6 is 0 Å². The normalized spacial score (nSPS) is 18.6. The van der Waals surface area contributed by atoms with Crippen LogP contribution in [0.15, 0.2) is 36.9 Å². The van der Waals surface area contributed by atoms with Gasteiger partial charge in [0.05, 0.1) is 6.04 Å². The van der Waals surface area contributed by atoms with E-state index in [9.17, 15) is 13.2 Å². The Balaban J connectivity index is 2.08. The number of piperazine rings is 1. The Kier molecular flexibility index (Phi) is 4.67. The zero-order valence-electron chi connectivity index (χ0n) is 11.0. The molecule has 0 bridgehead atoms. The van der Waals surface area contributed by atoms with Crippen molar-refractivity contribution in [3.05, 3.63) is 42.5 Å². The molecule has 1 aliphatic heterocycles. The molecule has 2 rings (SSSR count). The molecule has 1 aromatic carbocycles. The molecule has 110 valence electrons. The SMILES string of the molecule is C=C[C@@H](c1ccc(OC(F)(F)F)cc1)N1CCNCC1. The van der Waals surface area contributed by atoms with Crippen LogP contribution in [0.5, 0.6) is 5.75 Å². The second-order valence-electron chi connectivity index (χ2n) is 4.58. The number of alkyl halides is 3. The number of ether oxygens (including phenoxy) is 1. The highest BCUT2D eigenvalue weighted by Gasteiger charge is 2.31. The maximum atomic E-state index is 12.1. The van der Waals surface area contributed by atoms with E-state index in [1.54, 1.807) is 12.1 Å². The molecule has 0 spiro atoms. The molecule has 6 heteroatoms. The molecule has 0 aliphatic carbocycles. The molecule has 1 heterocycles. The monoisotopic (exact) mass is 286 g/mol. The molecule has 0 aromatic heterocycles. The summed E-state index contributed by atoms with van der Waals surface area (Å²) in [5.74, 6) is -0.204. The van der Waals surface area contributed by atoms with Crippen molar-refractivity contribution in [2.75, 3.05) is 26.2 Å². The van der Waals surface area contributed by atoms with E-state index in [-0.39, 0.29) is 11.8 Å². The molecule has 1 saturated heterocycles. The van der Waals surface area contributed by atoms with E-state index in [4.69, 9.17) is 0 Å². The minimum atomic E-state index is -4.65. The van der Waals surface area contributed by atoms with Gasteiger partial charge < -0.3 is 10.1 Å². The Morgan fingerprint density at radius 1 is 1.20 bits per heavy atom. The minimum Gasteiger partial charge on any atom is -0.406 e. The Morgan fingerprint density at radius 3 is 2.30 bits per heavy atom.